The number of nitrogen functional groups attached to an aromatic ring is 1. The number of fused-ring (bicyclic) bond motifs is 1. The molecule has 8 nitrogen and oxygen atoms in total. The molecule has 0 amide bonds. The van der Waals surface area contributed by atoms with Crippen molar-refractivity contribution in [1.82, 2.24) is 19.3 Å². The summed E-state index contributed by atoms with van der Waals surface area (Å²) < 4.78 is 16.4. The zero-order chi connectivity index (χ0) is 26.6. The molecule has 5 aromatic rings. The smallest absolute Gasteiger partial charge is 0.228 e. The molecular weight excluding hydrogens is 508 g/mol. The fourth-order valence-corrected chi connectivity index (χ4v) is 5.59. The number of ether oxygens (including phenoxy) is 2. The van der Waals surface area contributed by atoms with E-state index in [1.165, 1.54) is 23.2 Å². The molecule has 0 spiro atoms. The van der Waals surface area contributed by atoms with E-state index in [-0.39, 0.29) is 0 Å². The molecule has 0 unspecified atom stereocenters. The third-order valence-corrected chi connectivity index (χ3v) is 7.61. The van der Waals surface area contributed by atoms with Gasteiger partial charge in [-0.25, -0.2) is 9.97 Å². The average molecular weight is 539 g/mol. The molecule has 0 saturated carbocycles. The number of imidazole rings is 1. The van der Waals surface area contributed by atoms with E-state index in [0.29, 0.717) is 11.8 Å². The van der Waals surface area contributed by atoms with Gasteiger partial charge in [0.25, 0.3) is 0 Å². The maximum atomic E-state index is 6.40. The lowest BCUT2D eigenvalue weighted by Crippen LogP contribution is -2.36. The van der Waals surface area contributed by atoms with E-state index in [0.717, 1.165) is 65.6 Å². The van der Waals surface area contributed by atoms with Crippen molar-refractivity contribution in [2.45, 2.75) is 11.4 Å². The van der Waals surface area contributed by atoms with Crippen LogP contribution in [0.4, 0.5) is 11.6 Å². The molecule has 3 heterocycles. The number of hydrogen-bond acceptors (Lipinski definition) is 8. The zero-order valence-electron chi connectivity index (χ0n) is 21.7. The fraction of sp³-hybridized carbons (Fsp3) is 0.200. The first-order valence-corrected chi connectivity index (χ1v) is 13.7. The highest BCUT2D eigenvalue weighted by molar-refractivity contribution is 7.97. The first-order valence-electron chi connectivity index (χ1n) is 12.9. The molecule has 1 fully saturated rings. The van der Waals surface area contributed by atoms with Gasteiger partial charge in [-0.2, -0.15) is 0 Å². The molecule has 198 valence electrons. The Morgan fingerprint density at radius 1 is 0.949 bits per heavy atom. The number of aromatic nitrogens is 3. The van der Waals surface area contributed by atoms with Gasteiger partial charge in [0.1, 0.15) is 0 Å². The van der Waals surface area contributed by atoms with Crippen molar-refractivity contribution in [1.29, 1.82) is 0 Å². The van der Waals surface area contributed by atoms with Crippen molar-refractivity contribution in [2.75, 3.05) is 44.0 Å². The minimum Gasteiger partial charge on any atom is -0.480 e. The summed E-state index contributed by atoms with van der Waals surface area (Å²) in [6.45, 7) is 4.04. The lowest BCUT2D eigenvalue weighted by molar-refractivity contribution is 0.122. The van der Waals surface area contributed by atoms with E-state index in [9.17, 15) is 0 Å². The van der Waals surface area contributed by atoms with Gasteiger partial charge in [-0.05, 0) is 65.5 Å². The Morgan fingerprint density at radius 2 is 1.72 bits per heavy atom. The van der Waals surface area contributed by atoms with E-state index in [1.807, 2.05) is 35.0 Å². The van der Waals surface area contributed by atoms with Crippen molar-refractivity contribution in [3.8, 4) is 22.7 Å². The SMILES string of the molecule is COc1ncc(-c2ccc3nc(N)n(-c4ccc(N5CCOCC5)cc4)c3c2)cc1SNCc1ccccc1. The van der Waals surface area contributed by atoms with E-state index in [1.54, 1.807) is 7.11 Å². The Morgan fingerprint density at radius 3 is 2.49 bits per heavy atom. The molecule has 1 aliphatic rings. The maximum absolute atomic E-state index is 6.40. The van der Waals surface area contributed by atoms with Crippen LogP contribution in [0.3, 0.4) is 0 Å². The molecule has 39 heavy (non-hydrogen) atoms. The number of benzene rings is 3. The molecule has 3 aromatic carbocycles. The minimum absolute atomic E-state index is 0.454. The van der Waals surface area contributed by atoms with Gasteiger partial charge >= 0.3 is 0 Å². The average Bonchev–Trinajstić information content (AvgIpc) is 3.33. The van der Waals surface area contributed by atoms with Crippen LogP contribution in [0.15, 0.2) is 90.0 Å². The third-order valence-electron chi connectivity index (χ3n) is 6.81. The lowest BCUT2D eigenvalue weighted by atomic mass is 10.1. The van der Waals surface area contributed by atoms with Crippen LogP contribution in [0, 0.1) is 0 Å². The lowest BCUT2D eigenvalue weighted by Gasteiger charge is -2.29. The van der Waals surface area contributed by atoms with Gasteiger partial charge in [-0.15, -0.1) is 0 Å². The van der Waals surface area contributed by atoms with Gasteiger partial charge in [-0.3, -0.25) is 9.29 Å². The Hall–Kier alpha value is -4.05. The predicted octanol–water partition coefficient (Wildman–Crippen LogP) is 5.31. The molecule has 6 rings (SSSR count). The van der Waals surface area contributed by atoms with Gasteiger partial charge in [0, 0.05) is 42.8 Å². The number of rotatable bonds is 8. The highest BCUT2D eigenvalue weighted by atomic mass is 32.2. The maximum Gasteiger partial charge on any atom is 0.228 e. The topological polar surface area (TPSA) is 90.5 Å². The van der Waals surface area contributed by atoms with Crippen LogP contribution in [-0.2, 0) is 11.3 Å². The largest absolute Gasteiger partial charge is 0.480 e. The summed E-state index contributed by atoms with van der Waals surface area (Å²) in [7, 11) is 1.64. The molecule has 2 aromatic heterocycles. The van der Waals surface area contributed by atoms with Gasteiger partial charge in [0.05, 0.1) is 36.3 Å². The quantitative estimate of drug-likeness (QED) is 0.257. The normalized spacial score (nSPS) is 13.6. The van der Waals surface area contributed by atoms with Crippen LogP contribution in [0.1, 0.15) is 5.56 Å². The second-order valence-corrected chi connectivity index (χ2v) is 10.2. The summed E-state index contributed by atoms with van der Waals surface area (Å²) >= 11 is 1.51. The van der Waals surface area contributed by atoms with Crippen molar-refractivity contribution in [3.05, 3.63) is 90.6 Å². The van der Waals surface area contributed by atoms with Crippen molar-refractivity contribution in [3.63, 3.8) is 0 Å². The van der Waals surface area contributed by atoms with Crippen LogP contribution in [0.2, 0.25) is 0 Å². The first kappa shape index (κ1) is 25.2. The van der Waals surface area contributed by atoms with Gasteiger partial charge in [0.2, 0.25) is 11.8 Å². The minimum atomic E-state index is 0.454. The molecule has 0 bridgehead atoms. The van der Waals surface area contributed by atoms with E-state index < -0.39 is 0 Å². The van der Waals surface area contributed by atoms with Crippen LogP contribution >= 0.6 is 11.9 Å². The number of hydrogen-bond donors (Lipinski definition) is 2. The van der Waals surface area contributed by atoms with E-state index in [4.69, 9.17) is 15.2 Å². The molecule has 0 aliphatic carbocycles. The Labute approximate surface area is 231 Å². The molecule has 9 heteroatoms. The van der Waals surface area contributed by atoms with Gasteiger partial charge in [-0.1, -0.05) is 36.4 Å². The number of anilines is 2. The molecule has 1 saturated heterocycles. The molecule has 0 radical (unpaired) electrons. The highest BCUT2D eigenvalue weighted by Crippen LogP contribution is 2.33. The van der Waals surface area contributed by atoms with Crippen molar-refractivity contribution >= 4 is 34.6 Å². The number of nitrogens with two attached hydrogens (primary N) is 1. The number of morpholine rings is 1. The summed E-state index contributed by atoms with van der Waals surface area (Å²) in [5, 5.41) is 0. The van der Waals surface area contributed by atoms with Crippen LogP contribution < -0.4 is 20.1 Å². The van der Waals surface area contributed by atoms with Gasteiger partial charge < -0.3 is 20.1 Å². The molecular formula is C30H30N6O2S. The summed E-state index contributed by atoms with van der Waals surface area (Å²) in [5.41, 5.74) is 13.6. The Balaban J connectivity index is 1.28. The molecule has 1 aliphatic heterocycles. The van der Waals surface area contributed by atoms with Crippen LogP contribution in [-0.4, -0.2) is 47.9 Å². The van der Waals surface area contributed by atoms with Crippen molar-refractivity contribution < 1.29 is 9.47 Å². The third kappa shape index (κ3) is 5.42. The number of nitrogens with zero attached hydrogens (tertiary/aromatic N) is 4. The molecule has 0 atom stereocenters. The van der Waals surface area contributed by atoms with Crippen LogP contribution in [0.5, 0.6) is 5.88 Å². The number of methoxy groups -OCH3 is 1. The Bertz CT molecular complexity index is 1570. The van der Waals surface area contributed by atoms with Crippen molar-refractivity contribution in [2.24, 2.45) is 0 Å². The summed E-state index contributed by atoms with van der Waals surface area (Å²) in [6.07, 6.45) is 1.84. The summed E-state index contributed by atoms with van der Waals surface area (Å²) in [6, 6.07) is 27.0. The van der Waals surface area contributed by atoms with Gasteiger partial charge in [0.15, 0.2) is 0 Å². The first-order chi connectivity index (χ1) is 19.2. The standard InChI is InChI=1S/C30H30N6O2S/c1-37-29-28(39-33-19-21-5-3-2-4-6-21)18-23(20-32-29)22-7-12-26-27(17-22)36(30(31)34-26)25-10-8-24(9-11-25)35-13-15-38-16-14-35/h2-12,17-18,20,33H,13-16,19H2,1H3,(H2,31,34). The van der Waals surface area contributed by atoms with Crippen LogP contribution in [0.25, 0.3) is 27.8 Å². The van der Waals surface area contributed by atoms with E-state index >= 15 is 0 Å². The monoisotopic (exact) mass is 538 g/mol. The second kappa shape index (κ2) is 11.4. The molecule has 3 N–H and O–H groups in total. The highest BCUT2D eigenvalue weighted by Gasteiger charge is 2.15. The Kier molecular flexibility index (Phi) is 7.36. The summed E-state index contributed by atoms with van der Waals surface area (Å²) in [4.78, 5) is 12.4. The summed E-state index contributed by atoms with van der Waals surface area (Å²) in [5.74, 6) is 1.04. The second-order valence-electron chi connectivity index (χ2n) is 9.26. The number of nitrogens with one attached hydrogen (secondary N) is 1. The number of pyridine rings is 1. The fourth-order valence-electron chi connectivity index (χ4n) is 4.79. The zero-order valence-corrected chi connectivity index (χ0v) is 22.5. The van der Waals surface area contributed by atoms with E-state index in [2.05, 4.69) is 74.2 Å². The predicted molar refractivity (Wildman–Crippen MR) is 157 cm³/mol.